The third kappa shape index (κ3) is 5.03. The molecule has 0 saturated carbocycles. The van der Waals surface area contributed by atoms with E-state index in [1.807, 2.05) is 24.3 Å². The van der Waals surface area contributed by atoms with Gasteiger partial charge in [0.15, 0.2) is 0 Å². The van der Waals surface area contributed by atoms with Gasteiger partial charge in [0.05, 0.1) is 0 Å². The van der Waals surface area contributed by atoms with E-state index in [-0.39, 0.29) is 17.6 Å². The lowest BCUT2D eigenvalue weighted by atomic mass is 9.92. The number of halogens is 1. The number of benzene rings is 2. The maximum atomic E-state index is 13.2. The van der Waals surface area contributed by atoms with E-state index in [2.05, 4.69) is 17.6 Å². The molecule has 0 unspecified atom stereocenters. The summed E-state index contributed by atoms with van der Waals surface area (Å²) in [4.78, 5) is 12.4. The van der Waals surface area contributed by atoms with Crippen LogP contribution in [0.3, 0.4) is 0 Å². The predicted molar refractivity (Wildman–Crippen MR) is 96.0 cm³/mol. The van der Waals surface area contributed by atoms with Crippen molar-refractivity contribution in [2.75, 3.05) is 11.9 Å². The van der Waals surface area contributed by atoms with Crippen molar-refractivity contribution >= 4 is 11.6 Å². The molecule has 0 spiro atoms. The number of rotatable bonds is 5. The second kappa shape index (κ2) is 8.12. The van der Waals surface area contributed by atoms with E-state index in [0.717, 1.165) is 30.6 Å². The minimum absolute atomic E-state index is 0.0449. The van der Waals surface area contributed by atoms with E-state index >= 15 is 0 Å². The van der Waals surface area contributed by atoms with E-state index in [4.69, 9.17) is 4.74 Å². The molecule has 4 nitrogen and oxygen atoms in total. The first kappa shape index (κ1) is 17.4. The Morgan fingerprint density at radius 2 is 2.12 bits per heavy atom. The highest BCUT2D eigenvalue weighted by molar-refractivity contribution is 5.92. The number of hydrogen-bond acceptors (Lipinski definition) is 3. The highest BCUT2D eigenvalue weighted by Crippen LogP contribution is 2.20. The van der Waals surface area contributed by atoms with Crippen LogP contribution in [0.25, 0.3) is 0 Å². The van der Waals surface area contributed by atoms with Crippen molar-refractivity contribution in [3.05, 3.63) is 59.9 Å². The summed E-state index contributed by atoms with van der Waals surface area (Å²) in [7, 11) is 0. The van der Waals surface area contributed by atoms with Crippen molar-refractivity contribution < 1.29 is 13.9 Å². The van der Waals surface area contributed by atoms with Crippen LogP contribution < -0.4 is 15.4 Å². The highest BCUT2D eigenvalue weighted by Gasteiger charge is 2.24. The number of carbonyl (C=O) groups is 1. The fourth-order valence-corrected chi connectivity index (χ4v) is 3.08. The zero-order valence-electron chi connectivity index (χ0n) is 14.3. The Labute approximate surface area is 147 Å². The minimum Gasteiger partial charge on any atom is -0.489 e. The van der Waals surface area contributed by atoms with Gasteiger partial charge in [-0.1, -0.05) is 18.2 Å². The number of ether oxygens (including phenoxy) is 1. The molecule has 1 fully saturated rings. The monoisotopic (exact) mass is 342 g/mol. The number of amides is 1. The van der Waals surface area contributed by atoms with Gasteiger partial charge in [-0.25, -0.2) is 4.39 Å². The van der Waals surface area contributed by atoms with Crippen LogP contribution in [0.4, 0.5) is 10.1 Å². The molecule has 2 N–H and O–H groups in total. The van der Waals surface area contributed by atoms with E-state index in [9.17, 15) is 9.18 Å². The van der Waals surface area contributed by atoms with Crippen LogP contribution >= 0.6 is 0 Å². The molecule has 132 valence electrons. The Hall–Kier alpha value is -2.40. The second-order valence-electron chi connectivity index (χ2n) is 6.51. The molecule has 2 aromatic rings. The van der Waals surface area contributed by atoms with E-state index in [1.165, 1.54) is 12.1 Å². The highest BCUT2D eigenvalue weighted by atomic mass is 19.1. The quantitative estimate of drug-likeness (QED) is 0.870. The molecule has 25 heavy (non-hydrogen) atoms. The molecule has 0 radical (unpaired) electrons. The summed E-state index contributed by atoms with van der Waals surface area (Å²) >= 11 is 0. The predicted octanol–water partition coefficient (Wildman–Crippen LogP) is 3.73. The third-order valence-electron chi connectivity index (χ3n) is 4.39. The lowest BCUT2D eigenvalue weighted by Crippen LogP contribution is -2.40. The number of nitrogens with one attached hydrogen (secondary N) is 2. The Morgan fingerprint density at radius 1 is 1.28 bits per heavy atom. The van der Waals surface area contributed by atoms with Crippen molar-refractivity contribution in [2.24, 2.45) is 5.92 Å². The van der Waals surface area contributed by atoms with E-state index in [0.29, 0.717) is 18.4 Å². The fourth-order valence-electron chi connectivity index (χ4n) is 3.08. The minimum atomic E-state index is -0.324. The molecule has 1 aliphatic rings. The summed E-state index contributed by atoms with van der Waals surface area (Å²) in [6, 6.07) is 14.0. The molecule has 1 saturated heterocycles. The van der Waals surface area contributed by atoms with Gasteiger partial charge in [0.1, 0.15) is 18.2 Å². The zero-order chi connectivity index (χ0) is 17.6. The number of carbonyl (C=O) groups excluding carboxylic acids is 1. The van der Waals surface area contributed by atoms with Crippen molar-refractivity contribution in [2.45, 2.75) is 32.4 Å². The van der Waals surface area contributed by atoms with Gasteiger partial charge in [-0.2, -0.15) is 0 Å². The SMILES string of the molecule is C[C@H]1C[C@@H](C(=O)Nc2cccc(COc3cccc(F)c3)c2)CCN1. The first-order valence-electron chi connectivity index (χ1n) is 8.62. The first-order valence-corrected chi connectivity index (χ1v) is 8.62. The van der Waals surface area contributed by atoms with Gasteiger partial charge in [0, 0.05) is 23.7 Å². The molecule has 0 aromatic heterocycles. The van der Waals surface area contributed by atoms with Crippen LogP contribution in [0.1, 0.15) is 25.3 Å². The average molecular weight is 342 g/mol. The molecule has 3 rings (SSSR count). The van der Waals surface area contributed by atoms with Crippen molar-refractivity contribution in [3.8, 4) is 5.75 Å². The lowest BCUT2D eigenvalue weighted by molar-refractivity contribution is -0.120. The summed E-state index contributed by atoms with van der Waals surface area (Å²) in [5.41, 5.74) is 1.68. The van der Waals surface area contributed by atoms with Gasteiger partial charge in [-0.05, 0) is 56.1 Å². The van der Waals surface area contributed by atoms with Crippen LogP contribution in [0, 0.1) is 11.7 Å². The van der Waals surface area contributed by atoms with Crippen molar-refractivity contribution in [3.63, 3.8) is 0 Å². The van der Waals surface area contributed by atoms with Gasteiger partial charge in [0.25, 0.3) is 0 Å². The van der Waals surface area contributed by atoms with Gasteiger partial charge in [0.2, 0.25) is 5.91 Å². The number of piperidine rings is 1. The molecular formula is C20H23FN2O2. The summed E-state index contributed by atoms with van der Waals surface area (Å²) < 4.78 is 18.8. The maximum absolute atomic E-state index is 13.2. The van der Waals surface area contributed by atoms with Crippen molar-refractivity contribution in [1.82, 2.24) is 5.32 Å². The standard InChI is InChI=1S/C20H23FN2O2/c1-14-10-16(8-9-22-14)20(24)23-18-6-2-4-15(11-18)13-25-19-7-3-5-17(21)12-19/h2-7,11-12,14,16,22H,8-10,13H2,1H3,(H,23,24)/t14-,16-/m0/s1. The average Bonchev–Trinajstić information content (AvgIpc) is 2.60. The normalized spacial score (nSPS) is 20.1. The zero-order valence-corrected chi connectivity index (χ0v) is 14.3. The Morgan fingerprint density at radius 3 is 2.92 bits per heavy atom. The molecule has 2 aromatic carbocycles. The summed E-state index contributed by atoms with van der Waals surface area (Å²) in [5.74, 6) is 0.271. The van der Waals surface area contributed by atoms with Gasteiger partial charge >= 0.3 is 0 Å². The van der Waals surface area contributed by atoms with Gasteiger partial charge in [-0.15, -0.1) is 0 Å². The first-order chi connectivity index (χ1) is 12.1. The summed E-state index contributed by atoms with van der Waals surface area (Å²) in [6.45, 7) is 3.29. The van der Waals surface area contributed by atoms with Gasteiger partial charge < -0.3 is 15.4 Å². The number of hydrogen-bond donors (Lipinski definition) is 2. The summed E-state index contributed by atoms with van der Waals surface area (Å²) in [6.07, 6.45) is 1.72. The summed E-state index contributed by atoms with van der Waals surface area (Å²) in [5, 5.41) is 6.35. The lowest BCUT2D eigenvalue weighted by Gasteiger charge is -2.27. The van der Waals surface area contributed by atoms with Crippen LogP contribution in [0.5, 0.6) is 5.75 Å². The molecule has 1 heterocycles. The smallest absolute Gasteiger partial charge is 0.227 e. The van der Waals surface area contributed by atoms with Crippen LogP contribution in [0.2, 0.25) is 0 Å². The van der Waals surface area contributed by atoms with E-state index < -0.39 is 0 Å². The molecule has 1 aliphatic heterocycles. The largest absolute Gasteiger partial charge is 0.489 e. The third-order valence-corrected chi connectivity index (χ3v) is 4.39. The Bertz CT molecular complexity index is 735. The maximum Gasteiger partial charge on any atom is 0.227 e. The molecule has 0 bridgehead atoms. The number of anilines is 1. The molecule has 0 aliphatic carbocycles. The van der Waals surface area contributed by atoms with Crippen LogP contribution in [-0.2, 0) is 11.4 Å². The fraction of sp³-hybridized carbons (Fsp3) is 0.350. The topological polar surface area (TPSA) is 50.4 Å². The Balaban J connectivity index is 1.58. The second-order valence-corrected chi connectivity index (χ2v) is 6.51. The molecule has 5 heteroatoms. The Kier molecular flexibility index (Phi) is 5.66. The van der Waals surface area contributed by atoms with Gasteiger partial charge in [-0.3, -0.25) is 4.79 Å². The molecule has 1 amide bonds. The van der Waals surface area contributed by atoms with E-state index in [1.54, 1.807) is 12.1 Å². The molecule has 2 atom stereocenters. The van der Waals surface area contributed by atoms with Crippen LogP contribution in [-0.4, -0.2) is 18.5 Å². The van der Waals surface area contributed by atoms with Crippen molar-refractivity contribution in [1.29, 1.82) is 0 Å². The molecular weight excluding hydrogens is 319 g/mol. The van der Waals surface area contributed by atoms with Crippen LogP contribution in [0.15, 0.2) is 48.5 Å².